The quantitative estimate of drug-likeness (QED) is 0.613. The SMILES string of the molecule is C#CCNC(=O)c1ccccc1NC(=O)CN1C(=O)c2ccc(C)cc2C1=O. The van der Waals surface area contributed by atoms with Gasteiger partial charge in [-0.05, 0) is 31.2 Å². The number of fused-ring (bicyclic) bond motifs is 1. The molecule has 0 unspecified atom stereocenters. The van der Waals surface area contributed by atoms with Crippen molar-refractivity contribution in [2.24, 2.45) is 0 Å². The predicted molar refractivity (Wildman–Crippen MR) is 103 cm³/mol. The molecule has 2 aromatic carbocycles. The van der Waals surface area contributed by atoms with Crippen molar-refractivity contribution in [3.8, 4) is 12.3 Å². The molecule has 28 heavy (non-hydrogen) atoms. The van der Waals surface area contributed by atoms with Crippen LogP contribution >= 0.6 is 0 Å². The number of imide groups is 1. The van der Waals surface area contributed by atoms with Crippen molar-refractivity contribution in [3.05, 3.63) is 64.7 Å². The molecule has 1 aliphatic rings. The Kier molecular flexibility index (Phi) is 5.23. The highest BCUT2D eigenvalue weighted by atomic mass is 16.2. The minimum Gasteiger partial charge on any atom is -0.341 e. The number of para-hydroxylation sites is 1. The maximum absolute atomic E-state index is 12.5. The third kappa shape index (κ3) is 3.62. The third-order valence-corrected chi connectivity index (χ3v) is 4.22. The minimum atomic E-state index is -0.594. The first-order chi connectivity index (χ1) is 13.4. The van der Waals surface area contributed by atoms with Crippen molar-refractivity contribution < 1.29 is 19.2 Å². The molecule has 0 saturated heterocycles. The Morgan fingerprint density at radius 1 is 1.07 bits per heavy atom. The summed E-state index contributed by atoms with van der Waals surface area (Å²) in [6.07, 6.45) is 5.13. The normalized spacial score (nSPS) is 12.4. The Balaban J connectivity index is 1.74. The zero-order valence-corrected chi connectivity index (χ0v) is 15.1. The first kappa shape index (κ1) is 18.9. The standard InChI is InChI=1S/C21H17N3O4/c1-3-10-22-19(26)15-6-4-5-7-17(15)23-18(25)12-24-20(27)14-9-8-13(2)11-16(14)21(24)28/h1,4-9,11H,10,12H2,2H3,(H,22,26)(H,23,25). The van der Waals surface area contributed by atoms with Crippen molar-refractivity contribution in [2.75, 3.05) is 18.4 Å². The van der Waals surface area contributed by atoms with Crippen LogP contribution < -0.4 is 10.6 Å². The summed E-state index contributed by atoms with van der Waals surface area (Å²) in [6.45, 7) is 1.41. The lowest BCUT2D eigenvalue weighted by atomic mass is 10.1. The highest BCUT2D eigenvalue weighted by Gasteiger charge is 2.36. The molecule has 7 heteroatoms. The lowest BCUT2D eigenvalue weighted by Crippen LogP contribution is -2.37. The van der Waals surface area contributed by atoms with Gasteiger partial charge in [-0.2, -0.15) is 0 Å². The summed E-state index contributed by atoms with van der Waals surface area (Å²) >= 11 is 0. The summed E-state index contributed by atoms with van der Waals surface area (Å²) in [5.74, 6) is 0.231. The van der Waals surface area contributed by atoms with Crippen molar-refractivity contribution >= 4 is 29.3 Å². The van der Waals surface area contributed by atoms with Gasteiger partial charge in [-0.3, -0.25) is 24.1 Å². The van der Waals surface area contributed by atoms with Crippen LogP contribution in [0.4, 0.5) is 5.69 Å². The summed E-state index contributed by atoms with van der Waals surface area (Å²) in [6, 6.07) is 11.3. The molecule has 0 aliphatic carbocycles. The molecule has 0 radical (unpaired) electrons. The number of anilines is 1. The molecule has 0 fully saturated rings. The van der Waals surface area contributed by atoms with E-state index in [2.05, 4.69) is 16.6 Å². The van der Waals surface area contributed by atoms with E-state index in [0.29, 0.717) is 0 Å². The van der Waals surface area contributed by atoms with Gasteiger partial charge < -0.3 is 10.6 Å². The lowest BCUT2D eigenvalue weighted by molar-refractivity contribution is -0.116. The van der Waals surface area contributed by atoms with Crippen LogP contribution in [0, 0.1) is 19.3 Å². The molecule has 0 aromatic heterocycles. The molecule has 0 atom stereocenters. The Labute approximate surface area is 161 Å². The van der Waals surface area contributed by atoms with Crippen molar-refractivity contribution in [1.29, 1.82) is 0 Å². The largest absolute Gasteiger partial charge is 0.341 e. The predicted octanol–water partition coefficient (Wildman–Crippen LogP) is 1.59. The van der Waals surface area contributed by atoms with Crippen molar-refractivity contribution in [1.82, 2.24) is 10.2 Å². The van der Waals surface area contributed by atoms with Gasteiger partial charge in [0, 0.05) is 0 Å². The van der Waals surface area contributed by atoms with Gasteiger partial charge in [0.05, 0.1) is 28.9 Å². The van der Waals surface area contributed by atoms with E-state index in [-0.39, 0.29) is 28.9 Å². The molecule has 3 rings (SSSR count). The average Bonchev–Trinajstić information content (AvgIpc) is 2.90. The van der Waals surface area contributed by atoms with E-state index >= 15 is 0 Å². The third-order valence-electron chi connectivity index (χ3n) is 4.22. The molecule has 7 nitrogen and oxygen atoms in total. The van der Waals surface area contributed by atoms with E-state index < -0.39 is 30.2 Å². The summed E-state index contributed by atoms with van der Waals surface area (Å²) in [5.41, 5.74) is 1.89. The summed E-state index contributed by atoms with van der Waals surface area (Å²) in [4.78, 5) is 50.4. The zero-order chi connectivity index (χ0) is 20.3. The van der Waals surface area contributed by atoms with Gasteiger partial charge in [0.1, 0.15) is 6.54 Å². The maximum Gasteiger partial charge on any atom is 0.262 e. The van der Waals surface area contributed by atoms with Gasteiger partial charge in [-0.25, -0.2) is 0 Å². The Bertz CT molecular complexity index is 1040. The molecule has 140 valence electrons. The second-order valence-electron chi connectivity index (χ2n) is 6.23. The lowest BCUT2D eigenvalue weighted by Gasteiger charge is -2.15. The highest BCUT2D eigenvalue weighted by molar-refractivity contribution is 6.22. The van der Waals surface area contributed by atoms with Gasteiger partial charge in [0.25, 0.3) is 17.7 Å². The van der Waals surface area contributed by atoms with Crippen LogP contribution in [-0.4, -0.2) is 41.6 Å². The molecular formula is C21H17N3O4. The fourth-order valence-corrected chi connectivity index (χ4v) is 2.90. The Morgan fingerprint density at radius 2 is 1.79 bits per heavy atom. The first-order valence-electron chi connectivity index (χ1n) is 8.49. The molecule has 0 bridgehead atoms. The summed E-state index contributed by atoms with van der Waals surface area (Å²) in [7, 11) is 0. The molecular weight excluding hydrogens is 358 g/mol. The molecule has 1 heterocycles. The number of terminal acetylenes is 1. The number of aryl methyl sites for hydroxylation is 1. The smallest absolute Gasteiger partial charge is 0.262 e. The number of carbonyl (C=O) groups excluding carboxylic acids is 4. The van der Waals surface area contributed by atoms with Crippen molar-refractivity contribution in [3.63, 3.8) is 0 Å². The van der Waals surface area contributed by atoms with E-state index in [1.807, 2.05) is 6.92 Å². The number of benzene rings is 2. The monoisotopic (exact) mass is 375 g/mol. The van der Waals surface area contributed by atoms with Crippen LogP contribution in [0.2, 0.25) is 0 Å². The van der Waals surface area contributed by atoms with Crippen LogP contribution in [0.1, 0.15) is 36.6 Å². The number of nitrogens with zero attached hydrogens (tertiary/aromatic N) is 1. The van der Waals surface area contributed by atoms with Crippen LogP contribution in [-0.2, 0) is 4.79 Å². The number of amides is 4. The first-order valence-corrected chi connectivity index (χ1v) is 8.49. The Hall–Kier alpha value is -3.92. The fourth-order valence-electron chi connectivity index (χ4n) is 2.90. The van der Waals surface area contributed by atoms with Crippen LogP contribution in [0.5, 0.6) is 0 Å². The van der Waals surface area contributed by atoms with Gasteiger partial charge in [0.15, 0.2) is 0 Å². The molecule has 2 aromatic rings. The summed E-state index contributed by atoms with van der Waals surface area (Å²) < 4.78 is 0. The molecule has 4 amide bonds. The number of hydrogen-bond acceptors (Lipinski definition) is 4. The van der Waals surface area contributed by atoms with Gasteiger partial charge in [-0.15, -0.1) is 6.42 Å². The highest BCUT2D eigenvalue weighted by Crippen LogP contribution is 2.24. The Morgan fingerprint density at radius 3 is 2.54 bits per heavy atom. The summed E-state index contributed by atoms with van der Waals surface area (Å²) in [5, 5.41) is 5.10. The minimum absolute atomic E-state index is 0.0512. The maximum atomic E-state index is 12.5. The second-order valence-corrected chi connectivity index (χ2v) is 6.23. The molecule has 0 saturated carbocycles. The van der Waals surface area contributed by atoms with Crippen LogP contribution in [0.15, 0.2) is 42.5 Å². The number of hydrogen-bond donors (Lipinski definition) is 2. The number of rotatable bonds is 5. The van der Waals surface area contributed by atoms with E-state index in [1.165, 1.54) is 6.07 Å². The van der Waals surface area contributed by atoms with Gasteiger partial charge in [0.2, 0.25) is 5.91 Å². The fraction of sp³-hybridized carbons (Fsp3) is 0.143. The van der Waals surface area contributed by atoms with Crippen LogP contribution in [0.3, 0.4) is 0 Å². The molecule has 2 N–H and O–H groups in total. The average molecular weight is 375 g/mol. The molecule has 1 aliphatic heterocycles. The second kappa shape index (κ2) is 7.76. The van der Waals surface area contributed by atoms with Crippen molar-refractivity contribution in [2.45, 2.75) is 6.92 Å². The van der Waals surface area contributed by atoms with E-state index in [0.717, 1.165) is 10.5 Å². The van der Waals surface area contributed by atoms with E-state index in [4.69, 9.17) is 6.42 Å². The topological polar surface area (TPSA) is 95.6 Å². The number of nitrogens with one attached hydrogen (secondary N) is 2. The van der Waals surface area contributed by atoms with Crippen LogP contribution in [0.25, 0.3) is 0 Å². The van der Waals surface area contributed by atoms with Gasteiger partial charge >= 0.3 is 0 Å². The zero-order valence-electron chi connectivity index (χ0n) is 15.1. The molecule has 0 spiro atoms. The van der Waals surface area contributed by atoms with E-state index in [9.17, 15) is 19.2 Å². The van der Waals surface area contributed by atoms with Gasteiger partial charge in [-0.1, -0.05) is 29.7 Å². The van der Waals surface area contributed by atoms with E-state index in [1.54, 1.807) is 36.4 Å². The number of carbonyl (C=O) groups is 4.